The number of hydrogen-bond acceptors (Lipinski definition) is 2. The lowest BCUT2D eigenvalue weighted by Gasteiger charge is -2.10. The highest BCUT2D eigenvalue weighted by atomic mass is 16.5. The summed E-state index contributed by atoms with van der Waals surface area (Å²) in [4.78, 5) is 0. The van der Waals surface area contributed by atoms with E-state index in [1.165, 1.54) is 16.7 Å². The molecule has 0 radical (unpaired) electrons. The van der Waals surface area contributed by atoms with Gasteiger partial charge in [0, 0.05) is 0 Å². The number of nitrogens with one attached hydrogen (secondary N) is 1. The second kappa shape index (κ2) is 8.80. The van der Waals surface area contributed by atoms with Crippen LogP contribution >= 0.6 is 0 Å². The molecule has 20 heavy (non-hydrogen) atoms. The minimum Gasteiger partial charge on any atom is -0.496 e. The minimum atomic E-state index is 0.719. The smallest absolute Gasteiger partial charge is 0.122 e. The van der Waals surface area contributed by atoms with Crippen LogP contribution in [0.2, 0.25) is 0 Å². The Bertz CT molecular complexity index is 435. The molecule has 0 fully saturated rings. The van der Waals surface area contributed by atoms with Gasteiger partial charge in [-0.25, -0.2) is 0 Å². The SMILES string of the molecule is COc1ccc(C)cc1CC(C)=CCCNCC(C)C. The molecule has 0 atom stereocenters. The molecule has 0 saturated heterocycles. The predicted octanol–water partition coefficient (Wildman–Crippen LogP) is 4.13. The highest BCUT2D eigenvalue weighted by molar-refractivity contribution is 5.39. The van der Waals surface area contributed by atoms with Gasteiger partial charge in [-0.15, -0.1) is 0 Å². The van der Waals surface area contributed by atoms with E-state index >= 15 is 0 Å². The normalized spacial score (nSPS) is 12.0. The van der Waals surface area contributed by atoms with E-state index in [0.29, 0.717) is 0 Å². The van der Waals surface area contributed by atoms with Crippen molar-refractivity contribution in [3.05, 3.63) is 41.0 Å². The van der Waals surface area contributed by atoms with Crippen LogP contribution in [0.25, 0.3) is 0 Å². The molecule has 0 heterocycles. The van der Waals surface area contributed by atoms with E-state index in [4.69, 9.17) is 4.74 Å². The second-order valence-electron chi connectivity index (χ2n) is 5.93. The molecule has 0 aromatic heterocycles. The van der Waals surface area contributed by atoms with Crippen molar-refractivity contribution in [3.8, 4) is 5.75 Å². The lowest BCUT2D eigenvalue weighted by Crippen LogP contribution is -2.20. The zero-order valence-electron chi connectivity index (χ0n) is 13.6. The quantitative estimate of drug-likeness (QED) is 0.569. The molecule has 0 aliphatic rings. The van der Waals surface area contributed by atoms with Crippen molar-refractivity contribution in [2.45, 2.75) is 40.5 Å². The molecule has 1 aromatic carbocycles. The van der Waals surface area contributed by atoms with Gasteiger partial charge >= 0.3 is 0 Å². The molecule has 1 rings (SSSR count). The molecule has 2 nitrogen and oxygen atoms in total. The molecule has 2 heteroatoms. The van der Waals surface area contributed by atoms with Crippen molar-refractivity contribution in [2.75, 3.05) is 20.2 Å². The van der Waals surface area contributed by atoms with Gasteiger partial charge in [0.15, 0.2) is 0 Å². The molecule has 0 unspecified atom stereocenters. The maximum Gasteiger partial charge on any atom is 0.122 e. The van der Waals surface area contributed by atoms with Crippen LogP contribution in [0.5, 0.6) is 5.75 Å². The van der Waals surface area contributed by atoms with Crippen LogP contribution in [-0.4, -0.2) is 20.2 Å². The van der Waals surface area contributed by atoms with Crippen molar-refractivity contribution in [3.63, 3.8) is 0 Å². The monoisotopic (exact) mass is 275 g/mol. The Morgan fingerprint density at radius 1 is 1.35 bits per heavy atom. The Hall–Kier alpha value is -1.28. The Morgan fingerprint density at radius 3 is 2.75 bits per heavy atom. The van der Waals surface area contributed by atoms with Gasteiger partial charge in [-0.05, 0) is 57.3 Å². The Labute approximate surface area is 124 Å². The van der Waals surface area contributed by atoms with Crippen molar-refractivity contribution >= 4 is 0 Å². The summed E-state index contributed by atoms with van der Waals surface area (Å²) in [6.07, 6.45) is 4.39. The summed E-state index contributed by atoms with van der Waals surface area (Å²) >= 11 is 0. The topological polar surface area (TPSA) is 21.3 Å². The lowest BCUT2D eigenvalue weighted by atomic mass is 10.0. The number of ether oxygens (including phenoxy) is 1. The Morgan fingerprint density at radius 2 is 2.10 bits per heavy atom. The van der Waals surface area contributed by atoms with E-state index in [1.54, 1.807) is 7.11 Å². The van der Waals surface area contributed by atoms with Gasteiger partial charge in [-0.1, -0.05) is 43.2 Å². The number of hydrogen-bond donors (Lipinski definition) is 1. The van der Waals surface area contributed by atoms with Gasteiger partial charge in [0.1, 0.15) is 5.75 Å². The van der Waals surface area contributed by atoms with Crippen LogP contribution in [0.15, 0.2) is 29.8 Å². The van der Waals surface area contributed by atoms with Crippen LogP contribution in [-0.2, 0) is 6.42 Å². The molecule has 0 aliphatic carbocycles. The van der Waals surface area contributed by atoms with E-state index in [2.05, 4.69) is 57.3 Å². The third-order valence-electron chi connectivity index (χ3n) is 3.27. The molecular formula is C18H29NO. The molecular weight excluding hydrogens is 246 g/mol. The first-order valence-electron chi connectivity index (χ1n) is 7.52. The van der Waals surface area contributed by atoms with Gasteiger partial charge < -0.3 is 10.1 Å². The first-order chi connectivity index (χ1) is 9.52. The summed E-state index contributed by atoms with van der Waals surface area (Å²) in [7, 11) is 1.74. The van der Waals surface area contributed by atoms with Crippen LogP contribution < -0.4 is 10.1 Å². The summed E-state index contributed by atoms with van der Waals surface area (Å²) in [6.45, 7) is 10.9. The van der Waals surface area contributed by atoms with Crippen LogP contribution in [0, 0.1) is 12.8 Å². The maximum atomic E-state index is 5.43. The lowest BCUT2D eigenvalue weighted by molar-refractivity contribution is 0.410. The van der Waals surface area contributed by atoms with E-state index in [0.717, 1.165) is 37.6 Å². The number of aryl methyl sites for hydroxylation is 1. The van der Waals surface area contributed by atoms with Crippen LogP contribution in [0.4, 0.5) is 0 Å². The van der Waals surface area contributed by atoms with Gasteiger partial charge in [-0.2, -0.15) is 0 Å². The largest absolute Gasteiger partial charge is 0.496 e. The molecule has 0 bridgehead atoms. The summed E-state index contributed by atoms with van der Waals surface area (Å²) in [5.74, 6) is 1.71. The first-order valence-corrected chi connectivity index (χ1v) is 7.52. The predicted molar refractivity (Wildman–Crippen MR) is 87.5 cm³/mol. The second-order valence-corrected chi connectivity index (χ2v) is 5.93. The number of rotatable bonds is 8. The van der Waals surface area contributed by atoms with Gasteiger partial charge in [0.05, 0.1) is 7.11 Å². The molecule has 1 aromatic rings. The van der Waals surface area contributed by atoms with E-state index in [-0.39, 0.29) is 0 Å². The van der Waals surface area contributed by atoms with Crippen molar-refractivity contribution in [1.29, 1.82) is 0 Å². The zero-order chi connectivity index (χ0) is 15.0. The standard InChI is InChI=1S/C18H29NO/c1-14(2)13-19-10-6-7-15(3)11-17-12-16(4)8-9-18(17)20-5/h7-9,12,14,19H,6,10-11,13H2,1-5H3. The van der Waals surface area contributed by atoms with Gasteiger partial charge in [0.2, 0.25) is 0 Å². The highest BCUT2D eigenvalue weighted by Gasteiger charge is 2.03. The van der Waals surface area contributed by atoms with Gasteiger partial charge in [-0.3, -0.25) is 0 Å². The van der Waals surface area contributed by atoms with Crippen molar-refractivity contribution in [2.24, 2.45) is 5.92 Å². The molecule has 0 amide bonds. The summed E-state index contributed by atoms with van der Waals surface area (Å²) in [5, 5.41) is 3.47. The van der Waals surface area contributed by atoms with E-state index in [1.807, 2.05) is 0 Å². The average Bonchev–Trinajstić information content (AvgIpc) is 2.38. The maximum absolute atomic E-state index is 5.43. The summed E-state index contributed by atoms with van der Waals surface area (Å²) in [5.41, 5.74) is 3.96. The van der Waals surface area contributed by atoms with Crippen molar-refractivity contribution in [1.82, 2.24) is 5.32 Å². The Kier molecular flexibility index (Phi) is 7.38. The highest BCUT2D eigenvalue weighted by Crippen LogP contribution is 2.22. The fraction of sp³-hybridized carbons (Fsp3) is 0.556. The number of allylic oxidation sites excluding steroid dienone is 1. The number of methoxy groups -OCH3 is 1. The third-order valence-corrected chi connectivity index (χ3v) is 3.27. The van der Waals surface area contributed by atoms with E-state index < -0.39 is 0 Å². The average molecular weight is 275 g/mol. The number of benzene rings is 1. The molecule has 0 spiro atoms. The van der Waals surface area contributed by atoms with Crippen LogP contribution in [0.3, 0.4) is 0 Å². The first kappa shape index (κ1) is 16.8. The zero-order valence-corrected chi connectivity index (χ0v) is 13.6. The van der Waals surface area contributed by atoms with E-state index in [9.17, 15) is 0 Å². The molecule has 0 aliphatic heterocycles. The Balaban J connectivity index is 2.48. The molecule has 0 saturated carbocycles. The third kappa shape index (κ3) is 6.25. The van der Waals surface area contributed by atoms with Crippen LogP contribution in [0.1, 0.15) is 38.3 Å². The van der Waals surface area contributed by atoms with Gasteiger partial charge in [0.25, 0.3) is 0 Å². The fourth-order valence-electron chi connectivity index (χ4n) is 2.23. The molecule has 112 valence electrons. The summed E-state index contributed by atoms with van der Waals surface area (Å²) < 4.78 is 5.43. The fourth-order valence-corrected chi connectivity index (χ4v) is 2.23. The van der Waals surface area contributed by atoms with Crippen molar-refractivity contribution < 1.29 is 4.74 Å². The summed E-state index contributed by atoms with van der Waals surface area (Å²) in [6, 6.07) is 6.37. The minimum absolute atomic E-state index is 0.719. The molecule has 1 N–H and O–H groups in total.